The van der Waals surface area contributed by atoms with Crippen LogP contribution < -0.4 is 15.8 Å². The number of hydrogen-bond acceptors (Lipinski definition) is 6. The minimum Gasteiger partial charge on any atom is -0.494 e. The van der Waals surface area contributed by atoms with Gasteiger partial charge in [0.25, 0.3) is 0 Å². The normalized spacial score (nSPS) is 13.5. The van der Waals surface area contributed by atoms with Gasteiger partial charge >= 0.3 is 5.97 Å². The van der Waals surface area contributed by atoms with E-state index >= 15 is 0 Å². The number of hydrogen-bond donors (Lipinski definition) is 3. The molecule has 1 atom stereocenters. The van der Waals surface area contributed by atoms with Crippen LogP contribution in [0.15, 0.2) is 40.5 Å². The number of carbonyl (C=O) groups is 2. The lowest BCUT2D eigenvalue weighted by molar-refractivity contribution is -0.139. The number of ether oxygens (including phenoxy) is 1. The topological polar surface area (TPSA) is 114 Å². The number of carbonyl (C=O) groups excluding carboxylic acids is 1. The molecule has 7 nitrogen and oxygen atoms in total. The SMILES string of the molecule is CN=C/C(C(=O)c1cccc(OCCCNC(CC(C)C)C(=O)O)c1)=C(\C)N. The molecule has 0 bridgehead atoms. The molecular weight excluding hydrogens is 358 g/mol. The van der Waals surface area contributed by atoms with Crippen LogP contribution in [0.3, 0.4) is 0 Å². The molecule has 1 rings (SSSR count). The number of aliphatic carboxylic acids is 1. The summed E-state index contributed by atoms with van der Waals surface area (Å²) in [5.74, 6) is -0.171. The fourth-order valence-corrected chi connectivity index (χ4v) is 2.63. The van der Waals surface area contributed by atoms with Gasteiger partial charge in [-0.05, 0) is 44.4 Å². The van der Waals surface area contributed by atoms with E-state index in [0.717, 1.165) is 0 Å². The van der Waals surface area contributed by atoms with Gasteiger partial charge in [0.1, 0.15) is 11.8 Å². The van der Waals surface area contributed by atoms with Crippen LogP contribution >= 0.6 is 0 Å². The van der Waals surface area contributed by atoms with Crippen LogP contribution in [0.25, 0.3) is 0 Å². The summed E-state index contributed by atoms with van der Waals surface area (Å²) in [7, 11) is 1.58. The second-order valence-corrected chi connectivity index (χ2v) is 7.02. The summed E-state index contributed by atoms with van der Waals surface area (Å²) >= 11 is 0. The predicted octanol–water partition coefficient (Wildman–Crippen LogP) is 2.66. The third kappa shape index (κ3) is 7.92. The number of allylic oxidation sites excluding steroid dienone is 2. The predicted molar refractivity (Wildman–Crippen MR) is 111 cm³/mol. The Morgan fingerprint density at radius 3 is 2.64 bits per heavy atom. The van der Waals surface area contributed by atoms with Gasteiger partial charge in [0, 0.05) is 24.5 Å². The lowest BCUT2D eigenvalue weighted by atomic mass is 10.0. The minimum absolute atomic E-state index is 0.212. The van der Waals surface area contributed by atoms with Crippen molar-refractivity contribution in [1.82, 2.24) is 5.32 Å². The average molecular weight is 389 g/mol. The number of rotatable bonds is 12. The number of aliphatic imine (C=N–C) groups is 1. The van der Waals surface area contributed by atoms with E-state index < -0.39 is 12.0 Å². The quantitative estimate of drug-likeness (QED) is 0.219. The number of nitrogens with two attached hydrogens (primary N) is 1. The third-order valence-electron chi connectivity index (χ3n) is 4.01. The number of nitrogens with zero attached hydrogens (tertiary/aromatic N) is 1. The summed E-state index contributed by atoms with van der Waals surface area (Å²) in [6.07, 6.45) is 2.68. The van der Waals surface area contributed by atoms with Crippen LogP contribution in [0.2, 0.25) is 0 Å². The highest BCUT2D eigenvalue weighted by atomic mass is 16.5. The van der Waals surface area contributed by atoms with Gasteiger partial charge in [-0.25, -0.2) is 0 Å². The van der Waals surface area contributed by atoms with E-state index in [2.05, 4.69) is 10.3 Å². The molecule has 0 saturated carbocycles. The Bertz CT molecular complexity index is 722. The first-order chi connectivity index (χ1) is 13.3. The summed E-state index contributed by atoms with van der Waals surface area (Å²) in [6.45, 7) is 6.59. The van der Waals surface area contributed by atoms with Crippen molar-refractivity contribution >= 4 is 18.0 Å². The van der Waals surface area contributed by atoms with Crippen LogP contribution in [-0.4, -0.2) is 49.3 Å². The van der Waals surface area contributed by atoms with E-state index in [0.29, 0.717) is 54.5 Å². The number of benzene rings is 1. The summed E-state index contributed by atoms with van der Waals surface area (Å²) in [5.41, 5.74) is 7.01. The van der Waals surface area contributed by atoms with Crippen molar-refractivity contribution < 1.29 is 19.4 Å². The molecule has 0 fully saturated rings. The average Bonchev–Trinajstić information content (AvgIpc) is 2.64. The summed E-state index contributed by atoms with van der Waals surface area (Å²) < 4.78 is 5.70. The smallest absolute Gasteiger partial charge is 0.320 e. The molecule has 4 N–H and O–H groups in total. The Balaban J connectivity index is 2.59. The van der Waals surface area contributed by atoms with Crippen LogP contribution in [0, 0.1) is 5.92 Å². The van der Waals surface area contributed by atoms with Crippen molar-refractivity contribution in [2.45, 2.75) is 39.7 Å². The maximum Gasteiger partial charge on any atom is 0.320 e. The molecule has 0 aromatic heterocycles. The summed E-state index contributed by atoms with van der Waals surface area (Å²) in [4.78, 5) is 27.7. The number of carboxylic acid groups (broad SMARTS) is 1. The van der Waals surface area contributed by atoms with E-state index in [4.69, 9.17) is 10.5 Å². The maximum atomic E-state index is 12.6. The molecule has 0 aliphatic carbocycles. The van der Waals surface area contributed by atoms with E-state index in [9.17, 15) is 14.7 Å². The standard InChI is InChI=1S/C21H31N3O4/c1-14(2)11-19(21(26)27)24-9-6-10-28-17-8-5-7-16(12-17)20(25)18(13-23-4)15(3)22/h5,7-8,12-14,19,24H,6,9-11,22H2,1-4H3,(H,26,27)/b18-15-,23-13?. The van der Waals surface area contributed by atoms with Crippen molar-refractivity contribution in [1.29, 1.82) is 0 Å². The molecule has 0 spiro atoms. The van der Waals surface area contributed by atoms with Crippen LogP contribution in [0.4, 0.5) is 0 Å². The molecule has 0 amide bonds. The molecule has 154 valence electrons. The van der Waals surface area contributed by atoms with E-state index in [1.54, 1.807) is 38.2 Å². The molecule has 0 saturated heterocycles. The Labute approximate surface area is 166 Å². The zero-order valence-corrected chi connectivity index (χ0v) is 17.1. The van der Waals surface area contributed by atoms with Gasteiger partial charge in [-0.15, -0.1) is 0 Å². The second kappa shape index (κ2) is 11.9. The van der Waals surface area contributed by atoms with Gasteiger partial charge < -0.3 is 20.9 Å². The van der Waals surface area contributed by atoms with Crippen molar-refractivity contribution in [2.75, 3.05) is 20.2 Å². The maximum absolute atomic E-state index is 12.6. The lowest BCUT2D eigenvalue weighted by Crippen LogP contribution is -2.38. The van der Waals surface area contributed by atoms with Gasteiger partial charge in [-0.2, -0.15) is 0 Å². The van der Waals surface area contributed by atoms with E-state index in [1.165, 1.54) is 6.21 Å². The van der Waals surface area contributed by atoms with Gasteiger partial charge in [-0.1, -0.05) is 26.0 Å². The molecule has 0 aliphatic heterocycles. The van der Waals surface area contributed by atoms with Crippen LogP contribution in [0.5, 0.6) is 5.75 Å². The zero-order chi connectivity index (χ0) is 21.1. The monoisotopic (exact) mass is 389 g/mol. The second-order valence-electron chi connectivity index (χ2n) is 7.02. The van der Waals surface area contributed by atoms with E-state index in [-0.39, 0.29) is 5.78 Å². The first-order valence-corrected chi connectivity index (χ1v) is 9.38. The highest BCUT2D eigenvalue weighted by Crippen LogP contribution is 2.17. The van der Waals surface area contributed by atoms with E-state index in [1.807, 2.05) is 13.8 Å². The van der Waals surface area contributed by atoms with Crippen LogP contribution in [-0.2, 0) is 4.79 Å². The fourth-order valence-electron chi connectivity index (χ4n) is 2.63. The van der Waals surface area contributed by atoms with Gasteiger partial charge in [0.15, 0.2) is 5.78 Å². The molecule has 0 heterocycles. The third-order valence-corrected chi connectivity index (χ3v) is 4.01. The van der Waals surface area contributed by atoms with Crippen LogP contribution in [0.1, 0.15) is 44.0 Å². The molecule has 1 unspecified atom stereocenters. The fraction of sp³-hybridized carbons (Fsp3) is 0.476. The van der Waals surface area contributed by atoms with Crippen molar-refractivity contribution in [3.63, 3.8) is 0 Å². The zero-order valence-electron chi connectivity index (χ0n) is 17.1. The number of nitrogens with one attached hydrogen (secondary N) is 1. The largest absolute Gasteiger partial charge is 0.494 e. The Morgan fingerprint density at radius 2 is 2.07 bits per heavy atom. The number of Topliss-reactive ketones (excluding diaryl/α,β-unsaturated/α-hetero) is 1. The molecule has 1 aromatic rings. The Hall–Kier alpha value is -2.67. The van der Waals surface area contributed by atoms with Crippen molar-refractivity contribution in [2.24, 2.45) is 16.6 Å². The Morgan fingerprint density at radius 1 is 1.36 bits per heavy atom. The van der Waals surface area contributed by atoms with Gasteiger partial charge in [0.05, 0.1) is 12.2 Å². The highest BCUT2D eigenvalue weighted by molar-refractivity contribution is 6.21. The molecule has 1 aromatic carbocycles. The number of carboxylic acids is 1. The Kier molecular flexibility index (Phi) is 9.95. The number of ketones is 1. The van der Waals surface area contributed by atoms with Gasteiger partial charge in [0.2, 0.25) is 0 Å². The molecule has 7 heteroatoms. The summed E-state index contributed by atoms with van der Waals surface area (Å²) in [6, 6.07) is 6.34. The van der Waals surface area contributed by atoms with Crippen molar-refractivity contribution in [3.8, 4) is 5.75 Å². The van der Waals surface area contributed by atoms with Gasteiger partial charge in [-0.3, -0.25) is 14.6 Å². The first-order valence-electron chi connectivity index (χ1n) is 9.38. The molecular formula is C21H31N3O4. The first kappa shape index (κ1) is 23.4. The minimum atomic E-state index is -0.837. The molecule has 28 heavy (non-hydrogen) atoms. The molecule has 0 aliphatic rings. The van der Waals surface area contributed by atoms with Crippen molar-refractivity contribution in [3.05, 3.63) is 41.1 Å². The molecule has 0 radical (unpaired) electrons. The highest BCUT2D eigenvalue weighted by Gasteiger charge is 2.17. The lowest BCUT2D eigenvalue weighted by Gasteiger charge is -2.16. The summed E-state index contributed by atoms with van der Waals surface area (Å²) in [5, 5.41) is 12.3.